The van der Waals surface area contributed by atoms with E-state index in [2.05, 4.69) is 10.1 Å². The Kier molecular flexibility index (Phi) is 3.35. The van der Waals surface area contributed by atoms with Gasteiger partial charge in [-0.3, -0.25) is 4.79 Å². The normalized spacial score (nSPS) is 11.3. The molecule has 1 aromatic carbocycles. The van der Waals surface area contributed by atoms with E-state index in [9.17, 15) is 4.79 Å². The Hall–Kier alpha value is -2.66. The molecule has 0 bridgehead atoms. The minimum atomic E-state index is -0.170. The molecule has 3 aromatic heterocycles. The van der Waals surface area contributed by atoms with Gasteiger partial charge in [0.15, 0.2) is 0 Å². The quantitative estimate of drug-likeness (QED) is 0.582. The van der Waals surface area contributed by atoms with Gasteiger partial charge in [-0.1, -0.05) is 29.8 Å². The molecule has 23 heavy (non-hydrogen) atoms. The molecule has 0 amide bonds. The van der Waals surface area contributed by atoms with Crippen LogP contribution in [0.3, 0.4) is 0 Å². The fraction of sp³-hybridized carbons (Fsp3) is 0.118. The summed E-state index contributed by atoms with van der Waals surface area (Å²) in [4.78, 5) is 17.1. The van der Waals surface area contributed by atoms with Crippen LogP contribution in [0.25, 0.3) is 16.4 Å². The van der Waals surface area contributed by atoms with Crippen LogP contribution >= 0.6 is 11.6 Å². The second-order valence-corrected chi connectivity index (χ2v) is 5.73. The molecular formula is C17H13ClN4O. The Morgan fingerprint density at radius 3 is 2.91 bits per heavy atom. The molecule has 0 saturated carbocycles. The fourth-order valence-electron chi connectivity index (χ4n) is 2.67. The number of aryl methyl sites for hydroxylation is 2. The van der Waals surface area contributed by atoms with Crippen molar-refractivity contribution >= 4 is 28.0 Å². The maximum Gasteiger partial charge on any atom is 0.276 e. The summed E-state index contributed by atoms with van der Waals surface area (Å²) in [6.07, 6.45) is 6.22. The molecule has 0 saturated heterocycles. The van der Waals surface area contributed by atoms with Gasteiger partial charge in [-0.25, -0.2) is 9.67 Å². The number of hydrogen-bond acceptors (Lipinski definition) is 3. The van der Waals surface area contributed by atoms with Crippen LogP contribution in [0.1, 0.15) is 5.69 Å². The monoisotopic (exact) mass is 324 g/mol. The molecule has 0 N–H and O–H groups in total. The lowest BCUT2D eigenvalue weighted by molar-refractivity contribution is 0.580. The molecule has 0 spiro atoms. The van der Waals surface area contributed by atoms with E-state index in [-0.39, 0.29) is 5.56 Å². The van der Waals surface area contributed by atoms with E-state index in [1.807, 2.05) is 47.1 Å². The number of imidazole rings is 1. The molecule has 0 radical (unpaired) electrons. The van der Waals surface area contributed by atoms with Gasteiger partial charge in [0.2, 0.25) is 0 Å². The highest BCUT2D eigenvalue weighted by Crippen LogP contribution is 2.18. The third-order valence-electron chi connectivity index (χ3n) is 3.82. The van der Waals surface area contributed by atoms with Gasteiger partial charge in [0, 0.05) is 24.2 Å². The minimum absolute atomic E-state index is 0.170. The van der Waals surface area contributed by atoms with Crippen molar-refractivity contribution in [3.8, 4) is 0 Å². The third-order valence-corrected chi connectivity index (χ3v) is 4.14. The number of pyridine rings is 1. The summed E-state index contributed by atoms with van der Waals surface area (Å²) in [6.45, 7) is 0.462. The molecule has 6 heteroatoms. The summed E-state index contributed by atoms with van der Waals surface area (Å²) in [5.41, 5.74) is 1.64. The number of nitrogens with zero attached hydrogens (tertiary/aromatic N) is 4. The van der Waals surface area contributed by atoms with Crippen molar-refractivity contribution in [2.45, 2.75) is 13.0 Å². The van der Waals surface area contributed by atoms with Gasteiger partial charge in [-0.15, -0.1) is 0 Å². The zero-order valence-electron chi connectivity index (χ0n) is 12.2. The topological polar surface area (TPSA) is 52.2 Å². The van der Waals surface area contributed by atoms with Crippen molar-refractivity contribution in [3.63, 3.8) is 0 Å². The Labute approximate surface area is 136 Å². The van der Waals surface area contributed by atoms with Crippen LogP contribution in [0.15, 0.2) is 59.8 Å². The van der Waals surface area contributed by atoms with Crippen molar-refractivity contribution < 1.29 is 0 Å². The van der Waals surface area contributed by atoms with Crippen LogP contribution in [0, 0.1) is 0 Å². The number of aromatic nitrogens is 4. The van der Waals surface area contributed by atoms with Gasteiger partial charge in [-0.05, 0) is 18.2 Å². The lowest BCUT2D eigenvalue weighted by Crippen LogP contribution is -2.24. The minimum Gasteiger partial charge on any atom is -0.307 e. The van der Waals surface area contributed by atoms with Crippen LogP contribution in [0.4, 0.5) is 0 Å². The van der Waals surface area contributed by atoms with Crippen molar-refractivity contribution in [2.24, 2.45) is 0 Å². The Morgan fingerprint density at radius 1 is 1.13 bits per heavy atom. The highest BCUT2D eigenvalue weighted by atomic mass is 35.5. The summed E-state index contributed by atoms with van der Waals surface area (Å²) in [5, 5.41) is 5.95. The predicted molar refractivity (Wildman–Crippen MR) is 89.9 cm³/mol. The standard InChI is InChI=1S/C17H13ClN4O/c18-14-5-3-4-12-10-19-22(17(23)16(12)14)9-7-13-11-21-8-2-1-6-15(21)20-13/h1-6,8,10-11H,7,9H2. The second kappa shape index (κ2) is 5.52. The van der Waals surface area contributed by atoms with E-state index in [1.54, 1.807) is 12.3 Å². The molecule has 3 heterocycles. The van der Waals surface area contributed by atoms with Crippen molar-refractivity contribution in [3.05, 3.63) is 76.1 Å². The predicted octanol–water partition coefficient (Wildman–Crippen LogP) is 2.94. The molecule has 0 aliphatic heterocycles. The summed E-state index contributed by atoms with van der Waals surface area (Å²) >= 11 is 6.15. The maximum absolute atomic E-state index is 12.5. The first kappa shape index (κ1) is 14.0. The van der Waals surface area contributed by atoms with E-state index in [4.69, 9.17) is 11.6 Å². The first-order valence-electron chi connectivity index (χ1n) is 7.29. The number of rotatable bonds is 3. The van der Waals surface area contributed by atoms with E-state index in [0.29, 0.717) is 23.4 Å². The molecule has 4 rings (SSSR count). The third kappa shape index (κ3) is 2.49. The summed E-state index contributed by atoms with van der Waals surface area (Å²) in [6, 6.07) is 11.2. The lowest BCUT2D eigenvalue weighted by atomic mass is 10.2. The van der Waals surface area contributed by atoms with Gasteiger partial charge < -0.3 is 4.40 Å². The van der Waals surface area contributed by atoms with Crippen LogP contribution in [-0.4, -0.2) is 19.2 Å². The molecule has 0 fully saturated rings. The lowest BCUT2D eigenvalue weighted by Gasteiger charge is -2.05. The van der Waals surface area contributed by atoms with E-state index in [0.717, 1.165) is 16.7 Å². The van der Waals surface area contributed by atoms with Crippen LogP contribution in [0.5, 0.6) is 0 Å². The van der Waals surface area contributed by atoms with Crippen LogP contribution in [0.2, 0.25) is 5.02 Å². The number of halogens is 1. The smallest absolute Gasteiger partial charge is 0.276 e. The van der Waals surface area contributed by atoms with Gasteiger partial charge in [-0.2, -0.15) is 5.10 Å². The van der Waals surface area contributed by atoms with Gasteiger partial charge in [0.05, 0.1) is 28.8 Å². The largest absolute Gasteiger partial charge is 0.307 e. The zero-order chi connectivity index (χ0) is 15.8. The highest BCUT2D eigenvalue weighted by molar-refractivity contribution is 6.35. The van der Waals surface area contributed by atoms with Crippen LogP contribution < -0.4 is 5.56 Å². The molecule has 4 aromatic rings. The van der Waals surface area contributed by atoms with Gasteiger partial charge in [0.1, 0.15) is 5.65 Å². The van der Waals surface area contributed by atoms with Crippen LogP contribution in [-0.2, 0) is 13.0 Å². The van der Waals surface area contributed by atoms with E-state index >= 15 is 0 Å². The van der Waals surface area contributed by atoms with E-state index < -0.39 is 0 Å². The average molecular weight is 325 g/mol. The second-order valence-electron chi connectivity index (χ2n) is 5.33. The number of benzene rings is 1. The summed E-state index contributed by atoms with van der Waals surface area (Å²) in [5.74, 6) is 0. The van der Waals surface area contributed by atoms with Gasteiger partial charge in [0.25, 0.3) is 5.56 Å². The first-order valence-corrected chi connectivity index (χ1v) is 7.67. The molecule has 0 aliphatic rings. The zero-order valence-corrected chi connectivity index (χ0v) is 12.9. The first-order chi connectivity index (χ1) is 11.2. The van der Waals surface area contributed by atoms with Crippen molar-refractivity contribution in [1.29, 1.82) is 0 Å². The summed E-state index contributed by atoms with van der Waals surface area (Å²) < 4.78 is 3.40. The number of fused-ring (bicyclic) bond motifs is 2. The molecule has 114 valence electrons. The van der Waals surface area contributed by atoms with E-state index in [1.165, 1.54) is 4.68 Å². The van der Waals surface area contributed by atoms with Gasteiger partial charge >= 0.3 is 0 Å². The SMILES string of the molecule is O=c1c2c(Cl)cccc2cnn1CCc1cn2ccccc2n1. The molecule has 5 nitrogen and oxygen atoms in total. The van der Waals surface area contributed by atoms with Crippen molar-refractivity contribution in [1.82, 2.24) is 19.2 Å². The van der Waals surface area contributed by atoms with Crippen molar-refractivity contribution in [2.75, 3.05) is 0 Å². The molecule has 0 atom stereocenters. The maximum atomic E-state index is 12.5. The molecule has 0 aliphatic carbocycles. The molecule has 0 unspecified atom stereocenters. The highest BCUT2D eigenvalue weighted by Gasteiger charge is 2.08. The fourth-order valence-corrected chi connectivity index (χ4v) is 2.94. The Morgan fingerprint density at radius 2 is 2.04 bits per heavy atom. The molecular weight excluding hydrogens is 312 g/mol. The summed E-state index contributed by atoms with van der Waals surface area (Å²) in [7, 11) is 0. The Bertz CT molecular complexity index is 1030. The Balaban J connectivity index is 1.66. The number of hydrogen-bond donors (Lipinski definition) is 0. The average Bonchev–Trinajstić information content (AvgIpc) is 2.97.